The first-order valence-corrected chi connectivity index (χ1v) is 22.9. The molecule has 6 rings (SSSR count). The highest BCUT2D eigenvalue weighted by Gasteiger charge is 2.30. The number of nitrogens with one attached hydrogen (secondary N) is 3. The summed E-state index contributed by atoms with van der Waals surface area (Å²) >= 11 is 4.31. The Kier molecular flexibility index (Phi) is 19.9. The number of hydrogen-bond acceptors (Lipinski definition) is 9. The smallest absolute Gasteiger partial charge is 0.379 e. The summed E-state index contributed by atoms with van der Waals surface area (Å²) in [4.78, 5) is 47.2. The molecule has 1 unspecified atom stereocenters. The van der Waals surface area contributed by atoms with Gasteiger partial charge in [-0.3, -0.25) is 24.3 Å². The van der Waals surface area contributed by atoms with Crippen molar-refractivity contribution in [2.24, 2.45) is 5.92 Å². The summed E-state index contributed by atoms with van der Waals surface area (Å²) in [6, 6.07) is 21.0. The van der Waals surface area contributed by atoms with Crippen LogP contribution in [0.15, 0.2) is 85.1 Å². The van der Waals surface area contributed by atoms with Crippen molar-refractivity contribution in [1.29, 1.82) is 0 Å². The van der Waals surface area contributed by atoms with E-state index < -0.39 is 17.6 Å². The SMILES string of the molecule is CC(C)CCOC(C)CCC(=O)NCCN1CCOCC1.O=C(NCc1cccc(C(F)(F)F)c1)c1ccnc(-c2cc(N3CCCCC3)ccc2NC(=O)c2cccc(CS)c2)c1. The zero-order valence-corrected chi connectivity index (χ0v) is 38.1. The number of carbonyl (C=O) groups excluding carboxylic acids is 3. The van der Waals surface area contributed by atoms with Crippen molar-refractivity contribution in [3.63, 3.8) is 0 Å². The highest BCUT2D eigenvalue weighted by atomic mass is 32.1. The average Bonchev–Trinajstić information content (AvgIpc) is 3.30. The Hall–Kier alpha value is -4.96. The summed E-state index contributed by atoms with van der Waals surface area (Å²) < 4.78 is 50.3. The summed E-state index contributed by atoms with van der Waals surface area (Å²) in [5.41, 5.74) is 3.92. The second-order valence-corrected chi connectivity index (χ2v) is 16.9. The summed E-state index contributed by atoms with van der Waals surface area (Å²) in [6.07, 6.45) is 2.99. The molecule has 3 N–H and O–H groups in total. The maximum Gasteiger partial charge on any atom is 0.416 e. The molecule has 3 aromatic carbocycles. The first-order chi connectivity index (χ1) is 30.8. The van der Waals surface area contributed by atoms with E-state index in [2.05, 4.69) is 57.2 Å². The number of rotatable bonds is 18. The summed E-state index contributed by atoms with van der Waals surface area (Å²) in [7, 11) is 0. The minimum Gasteiger partial charge on any atom is -0.379 e. The van der Waals surface area contributed by atoms with Crippen molar-refractivity contribution in [2.75, 3.05) is 69.3 Å². The number of hydrogen-bond donors (Lipinski definition) is 4. The van der Waals surface area contributed by atoms with Crippen molar-refractivity contribution >= 4 is 41.7 Å². The van der Waals surface area contributed by atoms with E-state index in [9.17, 15) is 27.6 Å². The van der Waals surface area contributed by atoms with E-state index in [4.69, 9.17) is 9.47 Å². The predicted octanol–water partition coefficient (Wildman–Crippen LogP) is 9.04. The van der Waals surface area contributed by atoms with Gasteiger partial charge in [-0.2, -0.15) is 25.8 Å². The minimum absolute atomic E-state index is 0.0719. The van der Waals surface area contributed by atoms with E-state index >= 15 is 0 Å². The van der Waals surface area contributed by atoms with E-state index in [0.717, 1.165) is 108 Å². The fourth-order valence-corrected chi connectivity index (χ4v) is 7.45. The first-order valence-electron chi connectivity index (χ1n) is 22.3. The quantitative estimate of drug-likeness (QED) is 0.0730. The molecule has 64 heavy (non-hydrogen) atoms. The highest BCUT2D eigenvalue weighted by Crippen LogP contribution is 2.34. The molecule has 0 aliphatic carbocycles. The van der Waals surface area contributed by atoms with E-state index in [-0.39, 0.29) is 24.5 Å². The van der Waals surface area contributed by atoms with Gasteiger partial charge in [0.05, 0.1) is 36.3 Å². The molecule has 1 atom stereocenters. The lowest BCUT2D eigenvalue weighted by molar-refractivity contribution is -0.137. The van der Waals surface area contributed by atoms with Gasteiger partial charge < -0.3 is 30.3 Å². The van der Waals surface area contributed by atoms with Gasteiger partial charge in [-0.25, -0.2) is 0 Å². The third kappa shape index (κ3) is 16.5. The average molecular weight is 905 g/mol. The molecule has 2 aliphatic rings. The number of ether oxygens (including phenoxy) is 2. The van der Waals surface area contributed by atoms with Gasteiger partial charge in [-0.15, -0.1) is 0 Å². The molecular formula is C49H63F3N6O5S. The van der Waals surface area contributed by atoms with Gasteiger partial charge in [-0.05, 0) is 111 Å². The van der Waals surface area contributed by atoms with Gasteiger partial charge >= 0.3 is 6.18 Å². The number of piperidine rings is 1. The van der Waals surface area contributed by atoms with Gasteiger partial charge in [0.1, 0.15) is 0 Å². The molecule has 2 saturated heterocycles. The monoisotopic (exact) mass is 904 g/mol. The number of nitrogens with zero attached hydrogens (tertiary/aromatic N) is 3. The summed E-state index contributed by atoms with van der Waals surface area (Å²) in [5.74, 6) is 0.555. The van der Waals surface area contributed by atoms with E-state index in [1.807, 2.05) is 37.3 Å². The fourth-order valence-electron chi connectivity index (χ4n) is 7.26. The number of morpholine rings is 1. The Morgan fingerprint density at radius 2 is 1.56 bits per heavy atom. The lowest BCUT2D eigenvalue weighted by Gasteiger charge is -2.29. The number of thiol groups is 1. The molecule has 1 aromatic heterocycles. The molecule has 0 spiro atoms. The Labute approximate surface area is 381 Å². The van der Waals surface area contributed by atoms with Crippen LogP contribution in [0.1, 0.15) is 96.7 Å². The number of anilines is 2. The maximum absolute atomic E-state index is 13.2. The van der Waals surface area contributed by atoms with Crippen LogP contribution in [0, 0.1) is 5.92 Å². The zero-order chi connectivity index (χ0) is 45.9. The highest BCUT2D eigenvalue weighted by molar-refractivity contribution is 7.79. The fraction of sp³-hybridized carbons (Fsp3) is 0.469. The van der Waals surface area contributed by atoms with Crippen LogP contribution in [0.2, 0.25) is 0 Å². The van der Waals surface area contributed by atoms with Crippen LogP contribution in [-0.4, -0.2) is 92.8 Å². The maximum atomic E-state index is 13.2. The van der Waals surface area contributed by atoms with Crippen LogP contribution in [0.4, 0.5) is 24.5 Å². The van der Waals surface area contributed by atoms with Crippen molar-refractivity contribution < 1.29 is 37.0 Å². The molecule has 0 saturated carbocycles. The molecule has 3 heterocycles. The molecule has 2 fully saturated rings. The largest absolute Gasteiger partial charge is 0.416 e. The Morgan fingerprint density at radius 1 is 0.828 bits per heavy atom. The minimum atomic E-state index is -4.47. The van der Waals surface area contributed by atoms with Gasteiger partial charge in [-0.1, -0.05) is 38.1 Å². The normalized spacial score (nSPS) is 14.9. The zero-order valence-electron chi connectivity index (χ0n) is 37.2. The second kappa shape index (κ2) is 25.5. The molecule has 0 radical (unpaired) electrons. The van der Waals surface area contributed by atoms with E-state index in [0.29, 0.717) is 51.7 Å². The Bertz CT molecular complexity index is 2110. The molecule has 3 amide bonds. The number of carbonyl (C=O) groups is 3. The van der Waals surface area contributed by atoms with Crippen LogP contribution >= 0.6 is 12.6 Å². The molecule has 11 nitrogen and oxygen atoms in total. The van der Waals surface area contributed by atoms with Crippen molar-refractivity contribution in [3.05, 3.63) is 113 Å². The number of halogens is 3. The third-order valence-electron chi connectivity index (χ3n) is 11.1. The number of amides is 3. The standard InChI is InChI=1S/C33H31F3N4O2S.C16H32N2O3/c34-33(35,36)26-9-5-6-22(17-26)20-38-31(41)25-12-13-37-30(18-25)28-19-27(40-14-2-1-3-15-40)10-11-29(28)39-32(42)24-8-4-7-23(16-24)21-43;1-14(2)6-11-21-15(3)4-5-16(19)17-7-8-18-9-12-20-13-10-18/h4-13,16-19,43H,1-3,14-15,20-21H2,(H,38,41)(H,39,42);14-15H,4-13H2,1-3H3,(H,17,19). The number of aromatic nitrogens is 1. The Morgan fingerprint density at radius 3 is 2.30 bits per heavy atom. The van der Waals surface area contributed by atoms with Crippen molar-refractivity contribution in [3.8, 4) is 11.3 Å². The van der Waals surface area contributed by atoms with E-state index in [1.165, 1.54) is 24.8 Å². The lowest BCUT2D eigenvalue weighted by Crippen LogP contribution is -2.41. The van der Waals surface area contributed by atoms with Crippen molar-refractivity contribution in [1.82, 2.24) is 20.5 Å². The second-order valence-electron chi connectivity index (χ2n) is 16.6. The topological polar surface area (TPSA) is 125 Å². The predicted molar refractivity (Wildman–Crippen MR) is 250 cm³/mol. The molecule has 346 valence electrons. The Balaban J connectivity index is 0.000000309. The number of alkyl halides is 3. The van der Waals surface area contributed by atoms with E-state index in [1.54, 1.807) is 24.3 Å². The van der Waals surface area contributed by atoms with Gasteiger partial charge in [0, 0.05) is 93.2 Å². The van der Waals surface area contributed by atoms with Crippen LogP contribution in [0.25, 0.3) is 11.3 Å². The van der Waals surface area contributed by atoms with Gasteiger partial charge in [0.2, 0.25) is 5.91 Å². The van der Waals surface area contributed by atoms with Crippen LogP contribution in [-0.2, 0) is 32.7 Å². The van der Waals surface area contributed by atoms with Gasteiger partial charge in [0.15, 0.2) is 0 Å². The van der Waals surface area contributed by atoms with Crippen LogP contribution in [0.3, 0.4) is 0 Å². The molecule has 15 heteroatoms. The van der Waals surface area contributed by atoms with Crippen LogP contribution in [0.5, 0.6) is 0 Å². The third-order valence-corrected chi connectivity index (χ3v) is 11.4. The molecule has 2 aliphatic heterocycles. The molecule has 4 aromatic rings. The summed E-state index contributed by atoms with van der Waals surface area (Å²) in [6.45, 7) is 14.2. The summed E-state index contributed by atoms with van der Waals surface area (Å²) in [5, 5.41) is 8.68. The van der Waals surface area contributed by atoms with Crippen molar-refractivity contribution in [2.45, 2.75) is 83.9 Å². The number of pyridine rings is 1. The lowest BCUT2D eigenvalue weighted by atomic mass is 10.0. The van der Waals surface area contributed by atoms with Crippen LogP contribution < -0.4 is 20.9 Å². The molecule has 0 bridgehead atoms. The molecular weight excluding hydrogens is 842 g/mol. The first kappa shape index (κ1) is 50.0. The van der Waals surface area contributed by atoms with Gasteiger partial charge in [0.25, 0.3) is 11.8 Å². The number of benzene rings is 3.